The van der Waals surface area contributed by atoms with E-state index in [9.17, 15) is 13.5 Å². The van der Waals surface area contributed by atoms with Crippen molar-refractivity contribution in [2.24, 2.45) is 5.73 Å². The van der Waals surface area contributed by atoms with Crippen LogP contribution in [0.2, 0.25) is 0 Å². The third-order valence-corrected chi connectivity index (χ3v) is 5.74. The number of nitrogens with zero attached hydrogens (tertiary/aromatic N) is 1. The van der Waals surface area contributed by atoms with Gasteiger partial charge in [-0.3, -0.25) is 0 Å². The molecule has 1 atom stereocenters. The lowest BCUT2D eigenvalue weighted by Crippen LogP contribution is -2.26. The Labute approximate surface area is 153 Å². The lowest BCUT2D eigenvalue weighted by molar-refractivity contribution is 0.265. The van der Waals surface area contributed by atoms with Crippen LogP contribution >= 0.6 is 12.4 Å². The number of rotatable bonds is 5. The van der Waals surface area contributed by atoms with Gasteiger partial charge >= 0.3 is 0 Å². The first-order valence-electron chi connectivity index (χ1n) is 7.71. The molecule has 1 aromatic heterocycles. The minimum absolute atomic E-state index is 0. The summed E-state index contributed by atoms with van der Waals surface area (Å²) >= 11 is 0. The summed E-state index contributed by atoms with van der Waals surface area (Å²) in [4.78, 5) is 0.242. The summed E-state index contributed by atoms with van der Waals surface area (Å²) in [6.45, 7) is 1.76. The Morgan fingerprint density at radius 3 is 2.40 bits per heavy atom. The summed E-state index contributed by atoms with van der Waals surface area (Å²) in [5, 5.41) is 10.0. The van der Waals surface area contributed by atoms with Crippen LogP contribution in [0.4, 0.5) is 0 Å². The molecule has 0 radical (unpaired) electrons. The third-order valence-electron chi connectivity index (χ3n) is 4.05. The Bertz CT molecular complexity index is 966. The Balaban J connectivity index is 0.00000225. The highest BCUT2D eigenvalue weighted by atomic mass is 35.5. The van der Waals surface area contributed by atoms with E-state index in [-0.39, 0.29) is 23.9 Å². The maximum absolute atomic E-state index is 13.0. The summed E-state index contributed by atoms with van der Waals surface area (Å²) in [5.74, 6) is 0. The zero-order valence-electron chi connectivity index (χ0n) is 13.8. The topological polar surface area (TPSA) is 85.3 Å². The molecule has 5 nitrogen and oxygen atoms in total. The van der Waals surface area contributed by atoms with Gasteiger partial charge in [-0.2, -0.15) is 0 Å². The first kappa shape index (κ1) is 19.5. The number of nitrogens with two attached hydrogens (primary N) is 1. The molecule has 3 rings (SSSR count). The Morgan fingerprint density at radius 1 is 1.12 bits per heavy atom. The summed E-state index contributed by atoms with van der Waals surface area (Å²) in [6.07, 6.45) is 2.02. The lowest BCUT2D eigenvalue weighted by Gasteiger charge is -2.08. The van der Waals surface area contributed by atoms with Crippen LogP contribution in [0.15, 0.2) is 59.6 Å². The Kier molecular flexibility index (Phi) is 5.90. The molecule has 25 heavy (non-hydrogen) atoms. The van der Waals surface area contributed by atoms with Gasteiger partial charge in [-0.05, 0) is 37.1 Å². The first-order chi connectivity index (χ1) is 11.4. The van der Waals surface area contributed by atoms with Gasteiger partial charge in [0.2, 0.25) is 0 Å². The molecular formula is C18H21ClN2O3S. The molecular weight excluding hydrogens is 360 g/mol. The fourth-order valence-electron chi connectivity index (χ4n) is 2.75. The number of hydrogen-bond acceptors (Lipinski definition) is 4. The normalized spacial score (nSPS) is 12.8. The van der Waals surface area contributed by atoms with Gasteiger partial charge in [0.05, 0.1) is 17.0 Å². The zero-order chi connectivity index (χ0) is 17.3. The number of hydrogen-bond donors (Lipinski definition) is 2. The number of halogens is 1. The molecule has 1 unspecified atom stereocenters. The van der Waals surface area contributed by atoms with Crippen LogP contribution in [-0.4, -0.2) is 30.1 Å². The quantitative estimate of drug-likeness (QED) is 0.712. The fourth-order valence-corrected chi connectivity index (χ4v) is 4.14. The van der Waals surface area contributed by atoms with E-state index >= 15 is 0 Å². The van der Waals surface area contributed by atoms with Gasteiger partial charge in [0.25, 0.3) is 10.0 Å². The molecule has 0 aliphatic carbocycles. The van der Waals surface area contributed by atoms with Crippen molar-refractivity contribution in [2.75, 3.05) is 6.61 Å². The monoisotopic (exact) mass is 380 g/mol. The van der Waals surface area contributed by atoms with Crippen molar-refractivity contribution in [3.05, 3.63) is 65.9 Å². The highest BCUT2D eigenvalue weighted by Gasteiger charge is 2.21. The molecule has 0 saturated carbocycles. The van der Waals surface area contributed by atoms with E-state index in [1.54, 1.807) is 42.6 Å². The van der Waals surface area contributed by atoms with Gasteiger partial charge in [0.1, 0.15) is 0 Å². The minimum atomic E-state index is -3.69. The molecule has 3 aromatic rings. The SMILES string of the molecule is Cc1ccc(S(=O)(=O)n2cc(CC(N)CO)c3ccccc32)cc1.Cl. The molecule has 134 valence electrons. The summed E-state index contributed by atoms with van der Waals surface area (Å²) < 4.78 is 27.3. The first-order valence-corrected chi connectivity index (χ1v) is 9.15. The molecule has 0 aliphatic heterocycles. The molecule has 0 bridgehead atoms. The van der Waals surface area contributed by atoms with Crippen LogP contribution in [0, 0.1) is 6.92 Å². The van der Waals surface area contributed by atoms with Crippen LogP contribution in [-0.2, 0) is 16.4 Å². The predicted octanol–water partition coefficient (Wildman–Crippen LogP) is 2.47. The third kappa shape index (κ3) is 3.72. The number of aliphatic hydroxyl groups excluding tert-OH is 1. The second-order valence-electron chi connectivity index (χ2n) is 5.93. The maximum atomic E-state index is 13.0. The largest absolute Gasteiger partial charge is 0.395 e. The average molecular weight is 381 g/mol. The number of fused-ring (bicyclic) bond motifs is 1. The zero-order valence-corrected chi connectivity index (χ0v) is 15.4. The number of aryl methyl sites for hydroxylation is 1. The second-order valence-corrected chi connectivity index (χ2v) is 7.75. The highest BCUT2D eigenvalue weighted by Crippen LogP contribution is 2.26. The second kappa shape index (κ2) is 7.58. The Morgan fingerprint density at radius 2 is 1.76 bits per heavy atom. The molecule has 3 N–H and O–H groups in total. The van der Waals surface area contributed by atoms with E-state index < -0.39 is 16.1 Å². The van der Waals surface area contributed by atoms with Crippen molar-refractivity contribution in [3.8, 4) is 0 Å². The van der Waals surface area contributed by atoms with Crippen molar-refractivity contribution in [1.82, 2.24) is 3.97 Å². The molecule has 7 heteroatoms. The smallest absolute Gasteiger partial charge is 0.268 e. The average Bonchev–Trinajstić information content (AvgIpc) is 2.95. The summed E-state index contributed by atoms with van der Waals surface area (Å²) in [6, 6.07) is 13.7. The van der Waals surface area contributed by atoms with Crippen molar-refractivity contribution in [1.29, 1.82) is 0 Å². The van der Waals surface area contributed by atoms with Crippen LogP contribution < -0.4 is 5.73 Å². The predicted molar refractivity (Wildman–Crippen MR) is 102 cm³/mol. The van der Waals surface area contributed by atoms with Crippen LogP contribution in [0.3, 0.4) is 0 Å². The minimum Gasteiger partial charge on any atom is -0.395 e. The van der Waals surface area contributed by atoms with Crippen molar-refractivity contribution in [3.63, 3.8) is 0 Å². The van der Waals surface area contributed by atoms with E-state index in [4.69, 9.17) is 5.73 Å². The van der Waals surface area contributed by atoms with Gasteiger partial charge in [-0.25, -0.2) is 12.4 Å². The lowest BCUT2D eigenvalue weighted by atomic mass is 10.1. The van der Waals surface area contributed by atoms with Crippen molar-refractivity contribution >= 4 is 33.3 Å². The van der Waals surface area contributed by atoms with Gasteiger partial charge in [-0.1, -0.05) is 35.9 Å². The van der Waals surface area contributed by atoms with E-state index in [0.29, 0.717) is 11.9 Å². The van der Waals surface area contributed by atoms with Crippen molar-refractivity contribution < 1.29 is 13.5 Å². The Hall–Kier alpha value is -1.86. The van der Waals surface area contributed by atoms with Crippen LogP contribution in [0.5, 0.6) is 0 Å². The number of aromatic nitrogens is 1. The molecule has 1 heterocycles. The van der Waals surface area contributed by atoms with E-state index in [1.165, 1.54) is 3.97 Å². The van der Waals surface area contributed by atoms with Gasteiger partial charge < -0.3 is 10.8 Å². The fraction of sp³-hybridized carbons (Fsp3) is 0.222. The van der Waals surface area contributed by atoms with Crippen LogP contribution in [0.25, 0.3) is 10.9 Å². The summed E-state index contributed by atoms with van der Waals surface area (Å²) in [7, 11) is -3.69. The molecule has 0 fully saturated rings. The van der Waals surface area contributed by atoms with Gasteiger partial charge in [0, 0.05) is 17.6 Å². The van der Waals surface area contributed by atoms with E-state index in [1.807, 2.05) is 19.1 Å². The van der Waals surface area contributed by atoms with Gasteiger partial charge in [0.15, 0.2) is 0 Å². The van der Waals surface area contributed by atoms with E-state index in [0.717, 1.165) is 16.5 Å². The summed E-state index contributed by atoms with van der Waals surface area (Å²) in [5.41, 5.74) is 8.25. The van der Waals surface area contributed by atoms with E-state index in [2.05, 4.69) is 0 Å². The number of aliphatic hydroxyl groups is 1. The number of para-hydroxylation sites is 1. The molecule has 0 spiro atoms. The van der Waals surface area contributed by atoms with Crippen LogP contribution in [0.1, 0.15) is 11.1 Å². The highest BCUT2D eigenvalue weighted by molar-refractivity contribution is 7.90. The standard InChI is InChI=1S/C18H20N2O3S.ClH/c1-13-6-8-16(9-7-13)24(22,23)20-11-14(10-15(19)12-21)17-4-2-3-5-18(17)20;/h2-9,11,15,21H,10,12,19H2,1H3;1H. The number of benzene rings is 2. The molecule has 2 aromatic carbocycles. The van der Waals surface area contributed by atoms with Crippen molar-refractivity contribution in [2.45, 2.75) is 24.3 Å². The maximum Gasteiger partial charge on any atom is 0.268 e. The van der Waals surface area contributed by atoms with Gasteiger partial charge in [-0.15, -0.1) is 12.4 Å². The molecule has 0 amide bonds. The molecule has 0 aliphatic rings. The molecule has 0 saturated heterocycles.